The molecule has 4 nitrogen and oxygen atoms in total. The van der Waals surface area contributed by atoms with Crippen LogP contribution in [0, 0.1) is 0 Å². The van der Waals surface area contributed by atoms with Crippen molar-refractivity contribution in [2.45, 2.75) is 19.9 Å². The molecule has 0 spiro atoms. The summed E-state index contributed by atoms with van der Waals surface area (Å²) in [6.45, 7) is 3.78. The number of benzene rings is 2. The highest BCUT2D eigenvalue weighted by Crippen LogP contribution is 2.16. The van der Waals surface area contributed by atoms with Crippen LogP contribution in [0.25, 0.3) is 6.08 Å². The van der Waals surface area contributed by atoms with Crippen LogP contribution in [0.3, 0.4) is 0 Å². The number of halogens is 1. The van der Waals surface area contributed by atoms with Gasteiger partial charge < -0.3 is 10.6 Å². The molecule has 2 amide bonds. The zero-order chi connectivity index (χ0) is 17.5. The van der Waals surface area contributed by atoms with Crippen molar-refractivity contribution in [3.8, 4) is 0 Å². The number of carbonyl (C=O) groups is 2. The van der Waals surface area contributed by atoms with E-state index in [4.69, 9.17) is 11.6 Å². The van der Waals surface area contributed by atoms with Crippen LogP contribution < -0.4 is 10.6 Å². The zero-order valence-electron chi connectivity index (χ0n) is 13.5. The number of nitrogens with one attached hydrogen (secondary N) is 2. The van der Waals surface area contributed by atoms with Crippen LogP contribution in [0.5, 0.6) is 0 Å². The number of amides is 2. The van der Waals surface area contributed by atoms with E-state index in [1.54, 1.807) is 36.4 Å². The summed E-state index contributed by atoms with van der Waals surface area (Å²) >= 11 is 6.04. The molecule has 0 saturated heterocycles. The van der Waals surface area contributed by atoms with Gasteiger partial charge >= 0.3 is 0 Å². The molecular weight excluding hydrogens is 324 g/mol. The molecule has 0 bridgehead atoms. The summed E-state index contributed by atoms with van der Waals surface area (Å²) in [5.74, 6) is -0.468. The lowest BCUT2D eigenvalue weighted by Crippen LogP contribution is -2.30. The lowest BCUT2D eigenvalue weighted by Gasteiger charge is -2.09. The van der Waals surface area contributed by atoms with E-state index in [-0.39, 0.29) is 17.9 Å². The van der Waals surface area contributed by atoms with Crippen molar-refractivity contribution >= 4 is 35.2 Å². The first-order valence-electron chi connectivity index (χ1n) is 7.60. The van der Waals surface area contributed by atoms with E-state index in [9.17, 15) is 9.59 Å². The van der Waals surface area contributed by atoms with Crippen molar-refractivity contribution in [1.82, 2.24) is 5.32 Å². The van der Waals surface area contributed by atoms with E-state index in [0.717, 1.165) is 5.56 Å². The summed E-state index contributed by atoms with van der Waals surface area (Å²) in [5, 5.41) is 6.12. The van der Waals surface area contributed by atoms with Crippen molar-refractivity contribution in [2.24, 2.45) is 0 Å². The molecule has 0 aliphatic rings. The van der Waals surface area contributed by atoms with E-state index in [1.165, 1.54) is 6.08 Å². The van der Waals surface area contributed by atoms with Crippen LogP contribution >= 0.6 is 11.6 Å². The molecule has 124 valence electrons. The molecule has 2 aromatic carbocycles. The minimum Gasteiger partial charge on any atom is -0.350 e. The van der Waals surface area contributed by atoms with E-state index in [2.05, 4.69) is 10.6 Å². The molecule has 0 unspecified atom stereocenters. The van der Waals surface area contributed by atoms with Gasteiger partial charge in [-0.1, -0.05) is 35.9 Å². The zero-order valence-corrected chi connectivity index (χ0v) is 14.3. The predicted octanol–water partition coefficient (Wildman–Crippen LogP) is 4.13. The Morgan fingerprint density at radius 1 is 1.08 bits per heavy atom. The second-order valence-electron chi connectivity index (χ2n) is 5.55. The number of hydrogen-bond donors (Lipinski definition) is 2. The maximum Gasteiger partial charge on any atom is 0.251 e. The fourth-order valence-corrected chi connectivity index (χ4v) is 2.24. The van der Waals surface area contributed by atoms with Gasteiger partial charge in [-0.25, -0.2) is 0 Å². The highest BCUT2D eigenvalue weighted by Gasteiger charge is 2.08. The Bertz CT molecular complexity index is 769. The predicted molar refractivity (Wildman–Crippen MR) is 98.2 cm³/mol. The largest absolute Gasteiger partial charge is 0.350 e. The van der Waals surface area contributed by atoms with E-state index in [1.807, 2.05) is 32.0 Å². The van der Waals surface area contributed by atoms with Gasteiger partial charge in [-0.15, -0.1) is 0 Å². The minimum atomic E-state index is -0.295. The molecule has 0 heterocycles. The van der Waals surface area contributed by atoms with Crippen LogP contribution in [0.4, 0.5) is 5.69 Å². The Kier molecular flexibility index (Phi) is 6.15. The highest BCUT2D eigenvalue weighted by molar-refractivity contribution is 6.32. The summed E-state index contributed by atoms with van der Waals surface area (Å²) in [6, 6.07) is 14.1. The van der Waals surface area contributed by atoms with Gasteiger partial charge in [0.1, 0.15) is 0 Å². The number of anilines is 1. The third-order valence-electron chi connectivity index (χ3n) is 3.13. The Labute approximate surface area is 146 Å². The minimum absolute atomic E-state index is 0.0503. The van der Waals surface area contributed by atoms with Crippen molar-refractivity contribution < 1.29 is 9.59 Å². The van der Waals surface area contributed by atoms with Gasteiger partial charge in [0.2, 0.25) is 5.91 Å². The van der Waals surface area contributed by atoms with Crippen molar-refractivity contribution in [2.75, 3.05) is 5.32 Å². The van der Waals surface area contributed by atoms with Crippen LogP contribution in [0.1, 0.15) is 29.8 Å². The SMILES string of the molecule is CC(C)NC(=O)c1cccc(NC(=O)/C=C/c2ccccc2Cl)c1. The summed E-state index contributed by atoms with van der Waals surface area (Å²) in [5.41, 5.74) is 1.82. The molecule has 0 aliphatic heterocycles. The second-order valence-corrected chi connectivity index (χ2v) is 5.96. The first-order chi connectivity index (χ1) is 11.5. The van der Waals surface area contributed by atoms with Crippen LogP contribution in [-0.2, 0) is 4.79 Å². The van der Waals surface area contributed by atoms with Gasteiger partial charge in [0.25, 0.3) is 5.91 Å². The van der Waals surface area contributed by atoms with Gasteiger partial charge in [0, 0.05) is 28.4 Å². The lowest BCUT2D eigenvalue weighted by atomic mass is 10.1. The Balaban J connectivity index is 2.04. The Morgan fingerprint density at radius 3 is 2.54 bits per heavy atom. The van der Waals surface area contributed by atoms with Gasteiger partial charge in [0.15, 0.2) is 0 Å². The smallest absolute Gasteiger partial charge is 0.251 e. The Morgan fingerprint density at radius 2 is 1.83 bits per heavy atom. The number of rotatable bonds is 5. The fraction of sp³-hybridized carbons (Fsp3) is 0.158. The third kappa shape index (κ3) is 5.25. The quantitative estimate of drug-likeness (QED) is 0.803. The monoisotopic (exact) mass is 342 g/mol. The molecular formula is C19H19ClN2O2. The molecule has 2 rings (SSSR count). The molecule has 2 aromatic rings. The third-order valence-corrected chi connectivity index (χ3v) is 3.48. The maximum absolute atomic E-state index is 12.0. The molecule has 0 fully saturated rings. The second kappa shape index (κ2) is 8.31. The van der Waals surface area contributed by atoms with Gasteiger partial charge in [-0.05, 0) is 49.8 Å². The highest BCUT2D eigenvalue weighted by atomic mass is 35.5. The molecule has 0 radical (unpaired) electrons. The standard InChI is InChI=1S/C19H19ClN2O2/c1-13(2)21-19(24)15-7-5-8-16(12-15)22-18(23)11-10-14-6-3-4-9-17(14)20/h3-13H,1-2H3,(H,21,24)(H,22,23)/b11-10+. The molecule has 0 atom stereocenters. The summed E-state index contributed by atoms with van der Waals surface area (Å²) in [7, 11) is 0. The summed E-state index contributed by atoms with van der Waals surface area (Å²) in [4.78, 5) is 24.0. The van der Waals surface area contributed by atoms with Crippen molar-refractivity contribution in [3.63, 3.8) is 0 Å². The fourth-order valence-electron chi connectivity index (χ4n) is 2.04. The summed E-state index contributed by atoms with van der Waals surface area (Å²) in [6.07, 6.45) is 3.05. The average Bonchev–Trinajstić information content (AvgIpc) is 2.54. The van der Waals surface area contributed by atoms with Gasteiger partial charge in [-0.2, -0.15) is 0 Å². The van der Waals surface area contributed by atoms with E-state index >= 15 is 0 Å². The molecule has 0 aromatic heterocycles. The summed E-state index contributed by atoms with van der Waals surface area (Å²) < 4.78 is 0. The molecule has 24 heavy (non-hydrogen) atoms. The van der Waals surface area contributed by atoms with Crippen molar-refractivity contribution in [3.05, 3.63) is 70.8 Å². The maximum atomic E-state index is 12.0. The van der Waals surface area contributed by atoms with E-state index in [0.29, 0.717) is 16.3 Å². The molecule has 5 heteroatoms. The van der Waals surface area contributed by atoms with Gasteiger partial charge in [0.05, 0.1) is 0 Å². The first kappa shape index (κ1) is 17.8. The van der Waals surface area contributed by atoms with Gasteiger partial charge in [-0.3, -0.25) is 9.59 Å². The number of carbonyl (C=O) groups excluding carboxylic acids is 2. The normalized spacial score (nSPS) is 10.8. The lowest BCUT2D eigenvalue weighted by molar-refractivity contribution is -0.111. The van der Waals surface area contributed by atoms with Crippen LogP contribution in [-0.4, -0.2) is 17.9 Å². The topological polar surface area (TPSA) is 58.2 Å². The average molecular weight is 343 g/mol. The van der Waals surface area contributed by atoms with Crippen LogP contribution in [0.2, 0.25) is 5.02 Å². The number of hydrogen-bond acceptors (Lipinski definition) is 2. The molecule has 0 saturated carbocycles. The Hall–Kier alpha value is -2.59. The van der Waals surface area contributed by atoms with Crippen molar-refractivity contribution in [1.29, 1.82) is 0 Å². The molecule has 2 N–H and O–H groups in total. The first-order valence-corrected chi connectivity index (χ1v) is 7.98. The van der Waals surface area contributed by atoms with E-state index < -0.39 is 0 Å². The van der Waals surface area contributed by atoms with Crippen LogP contribution in [0.15, 0.2) is 54.6 Å². The molecule has 0 aliphatic carbocycles.